The Morgan fingerprint density at radius 2 is 2.33 bits per heavy atom. The van der Waals surface area contributed by atoms with Crippen molar-refractivity contribution >= 4 is 33.5 Å². The van der Waals surface area contributed by atoms with Gasteiger partial charge >= 0.3 is 5.97 Å². The van der Waals surface area contributed by atoms with Crippen LogP contribution in [0, 0.1) is 0 Å². The van der Waals surface area contributed by atoms with Gasteiger partial charge in [-0.1, -0.05) is 11.6 Å². The molecular formula is C4H2BrClO3. The van der Waals surface area contributed by atoms with Gasteiger partial charge in [-0.2, -0.15) is 0 Å². The molecule has 0 fully saturated rings. The molecule has 0 aromatic carbocycles. The SMILES string of the molecule is O=C1OC(O)C(Cl)=C1Br. The maximum absolute atomic E-state index is 10.4. The van der Waals surface area contributed by atoms with Crippen LogP contribution < -0.4 is 0 Å². The van der Waals surface area contributed by atoms with Crippen molar-refractivity contribution in [2.75, 3.05) is 0 Å². The molecule has 1 N–H and O–H groups in total. The molecule has 0 radical (unpaired) electrons. The summed E-state index contributed by atoms with van der Waals surface area (Å²) in [5.41, 5.74) is 0. The van der Waals surface area contributed by atoms with Crippen LogP contribution in [0.15, 0.2) is 9.51 Å². The number of aliphatic hydroxyl groups is 1. The van der Waals surface area contributed by atoms with Gasteiger partial charge in [0.25, 0.3) is 0 Å². The smallest absolute Gasteiger partial charge is 0.349 e. The highest BCUT2D eigenvalue weighted by molar-refractivity contribution is 9.12. The minimum atomic E-state index is -1.28. The summed E-state index contributed by atoms with van der Waals surface area (Å²) in [7, 11) is 0. The van der Waals surface area contributed by atoms with Crippen molar-refractivity contribution in [2.24, 2.45) is 0 Å². The van der Waals surface area contributed by atoms with Crippen LogP contribution in [0.5, 0.6) is 0 Å². The van der Waals surface area contributed by atoms with E-state index in [0.717, 1.165) is 0 Å². The number of cyclic esters (lactones) is 1. The van der Waals surface area contributed by atoms with Crippen LogP contribution in [-0.2, 0) is 9.53 Å². The van der Waals surface area contributed by atoms with E-state index in [2.05, 4.69) is 20.7 Å². The van der Waals surface area contributed by atoms with Crippen LogP contribution in [0.25, 0.3) is 0 Å². The summed E-state index contributed by atoms with van der Waals surface area (Å²) in [5.74, 6) is -0.632. The van der Waals surface area contributed by atoms with Gasteiger partial charge in [-0.25, -0.2) is 4.79 Å². The molecule has 1 heterocycles. The first kappa shape index (κ1) is 7.05. The predicted molar refractivity (Wildman–Crippen MR) is 33.9 cm³/mol. The Labute approximate surface area is 64.4 Å². The third-order valence-corrected chi connectivity index (χ3v) is 2.18. The molecule has 1 rings (SSSR count). The molecule has 0 aromatic rings. The average Bonchev–Trinajstić information content (AvgIpc) is 1.98. The second-order valence-electron chi connectivity index (χ2n) is 1.42. The molecule has 1 aliphatic rings. The van der Waals surface area contributed by atoms with Gasteiger partial charge in [0.05, 0.1) is 0 Å². The molecule has 0 bridgehead atoms. The number of esters is 1. The molecular weight excluding hydrogens is 211 g/mol. The maximum Gasteiger partial charge on any atom is 0.349 e. The lowest BCUT2D eigenvalue weighted by Gasteiger charge is -1.97. The molecule has 0 saturated carbocycles. The monoisotopic (exact) mass is 212 g/mol. The second-order valence-corrected chi connectivity index (χ2v) is 2.62. The summed E-state index contributed by atoms with van der Waals surface area (Å²) in [5, 5.41) is 8.68. The lowest BCUT2D eigenvalue weighted by atomic mass is 10.5. The molecule has 3 nitrogen and oxygen atoms in total. The van der Waals surface area contributed by atoms with Gasteiger partial charge in [0, 0.05) is 0 Å². The van der Waals surface area contributed by atoms with Crippen LogP contribution in [0.3, 0.4) is 0 Å². The molecule has 0 amide bonds. The van der Waals surface area contributed by atoms with Gasteiger partial charge in [0.2, 0.25) is 6.29 Å². The summed E-state index contributed by atoms with van der Waals surface area (Å²) in [6, 6.07) is 0. The number of hydrogen-bond acceptors (Lipinski definition) is 3. The summed E-state index contributed by atoms with van der Waals surface area (Å²) < 4.78 is 4.34. The lowest BCUT2D eigenvalue weighted by molar-refractivity contribution is -0.150. The van der Waals surface area contributed by atoms with Crippen LogP contribution in [0.2, 0.25) is 0 Å². The second kappa shape index (κ2) is 2.28. The molecule has 5 heteroatoms. The van der Waals surface area contributed by atoms with Gasteiger partial charge in [0.1, 0.15) is 9.51 Å². The van der Waals surface area contributed by atoms with Crippen molar-refractivity contribution in [1.82, 2.24) is 0 Å². The number of aliphatic hydroxyl groups excluding tert-OH is 1. The Hall–Kier alpha value is -0.0600. The largest absolute Gasteiger partial charge is 0.426 e. The van der Waals surface area contributed by atoms with E-state index in [4.69, 9.17) is 16.7 Å². The van der Waals surface area contributed by atoms with Crippen molar-refractivity contribution in [1.29, 1.82) is 0 Å². The molecule has 0 aromatic heterocycles. The van der Waals surface area contributed by atoms with Crippen molar-refractivity contribution in [3.63, 3.8) is 0 Å². The zero-order chi connectivity index (χ0) is 7.02. The molecule has 0 aliphatic carbocycles. The normalized spacial score (nSPS) is 27.0. The van der Waals surface area contributed by atoms with Gasteiger partial charge in [0.15, 0.2) is 0 Å². The summed E-state index contributed by atoms with van der Waals surface area (Å²) in [6.45, 7) is 0. The van der Waals surface area contributed by atoms with Gasteiger partial charge in [-0.05, 0) is 15.9 Å². The fourth-order valence-corrected chi connectivity index (χ4v) is 0.822. The number of carbonyl (C=O) groups excluding carboxylic acids is 1. The summed E-state index contributed by atoms with van der Waals surface area (Å²) in [6.07, 6.45) is -1.28. The fourth-order valence-electron chi connectivity index (χ4n) is 0.411. The molecule has 9 heavy (non-hydrogen) atoms. The van der Waals surface area contributed by atoms with Crippen LogP contribution in [0.1, 0.15) is 0 Å². The number of rotatable bonds is 0. The van der Waals surface area contributed by atoms with Crippen LogP contribution >= 0.6 is 27.5 Å². The quantitative estimate of drug-likeness (QED) is 0.603. The van der Waals surface area contributed by atoms with Gasteiger partial charge < -0.3 is 9.84 Å². The van der Waals surface area contributed by atoms with Crippen molar-refractivity contribution in [2.45, 2.75) is 6.29 Å². The minimum absolute atomic E-state index is 0.000000000000000222. The van der Waals surface area contributed by atoms with E-state index < -0.39 is 12.3 Å². The van der Waals surface area contributed by atoms with E-state index in [1.54, 1.807) is 0 Å². The Balaban J connectivity index is 2.92. The Morgan fingerprint density at radius 3 is 2.44 bits per heavy atom. The zero-order valence-electron chi connectivity index (χ0n) is 4.10. The van der Waals surface area contributed by atoms with E-state index in [1.807, 2.05) is 0 Å². The fraction of sp³-hybridized carbons (Fsp3) is 0.250. The predicted octanol–water partition coefficient (Wildman–Crippen LogP) is 0.707. The zero-order valence-corrected chi connectivity index (χ0v) is 6.44. The third-order valence-electron chi connectivity index (χ3n) is 0.824. The number of carbonyl (C=O) groups is 1. The van der Waals surface area contributed by atoms with E-state index in [-0.39, 0.29) is 9.51 Å². The molecule has 0 saturated heterocycles. The number of hydrogen-bond donors (Lipinski definition) is 1. The third kappa shape index (κ3) is 1.10. The van der Waals surface area contributed by atoms with Crippen molar-refractivity contribution in [3.8, 4) is 0 Å². The molecule has 1 aliphatic heterocycles. The standard InChI is InChI=1S/C4H2BrClO3/c5-1-2(6)4(8)9-3(1)7/h4,8H. The van der Waals surface area contributed by atoms with E-state index in [0.29, 0.717) is 0 Å². The van der Waals surface area contributed by atoms with E-state index in [9.17, 15) is 4.79 Å². The highest BCUT2D eigenvalue weighted by Crippen LogP contribution is 2.27. The molecule has 1 atom stereocenters. The Bertz CT molecular complexity index is 188. The van der Waals surface area contributed by atoms with Crippen LogP contribution in [-0.4, -0.2) is 17.4 Å². The highest BCUT2D eigenvalue weighted by Gasteiger charge is 2.29. The maximum atomic E-state index is 10.4. The van der Waals surface area contributed by atoms with Crippen molar-refractivity contribution < 1.29 is 14.6 Å². The topological polar surface area (TPSA) is 46.5 Å². The van der Waals surface area contributed by atoms with Crippen molar-refractivity contribution in [3.05, 3.63) is 9.51 Å². The van der Waals surface area contributed by atoms with E-state index in [1.165, 1.54) is 0 Å². The molecule has 1 unspecified atom stereocenters. The number of ether oxygens (including phenoxy) is 1. The first-order valence-corrected chi connectivity index (χ1v) is 3.24. The summed E-state index contributed by atoms with van der Waals surface area (Å²) in [4.78, 5) is 10.4. The first-order chi connectivity index (χ1) is 4.13. The Morgan fingerprint density at radius 1 is 1.78 bits per heavy atom. The average molecular weight is 213 g/mol. The lowest BCUT2D eigenvalue weighted by Crippen LogP contribution is -2.07. The number of halogens is 2. The first-order valence-electron chi connectivity index (χ1n) is 2.07. The minimum Gasteiger partial charge on any atom is -0.426 e. The van der Waals surface area contributed by atoms with Gasteiger partial charge in [-0.3, -0.25) is 0 Å². The van der Waals surface area contributed by atoms with Crippen LogP contribution in [0.4, 0.5) is 0 Å². The molecule has 50 valence electrons. The highest BCUT2D eigenvalue weighted by atomic mass is 79.9. The van der Waals surface area contributed by atoms with Gasteiger partial charge in [-0.15, -0.1) is 0 Å². The molecule has 0 spiro atoms. The van der Waals surface area contributed by atoms with E-state index >= 15 is 0 Å². The Kier molecular flexibility index (Phi) is 1.79. The summed E-state index contributed by atoms with van der Waals surface area (Å²) >= 11 is 8.17.